The molecule has 2 heteroatoms. The van der Waals surface area contributed by atoms with Crippen LogP contribution in [-0.4, -0.2) is 63.8 Å². The fraction of sp³-hybridized carbons (Fsp3) is 1.00. The fourth-order valence-electron chi connectivity index (χ4n) is 4.12. The number of hydrogen-bond acceptors (Lipinski definition) is 0. The zero-order valence-electron chi connectivity index (χ0n) is 21.7. The quantitative estimate of drug-likeness (QED) is 0.126. The molecule has 0 aromatic rings. The second-order valence-electron chi connectivity index (χ2n) is 11.4. The van der Waals surface area contributed by atoms with Crippen molar-refractivity contribution in [3.8, 4) is 0 Å². The Morgan fingerprint density at radius 1 is 0.345 bits per heavy atom. The van der Waals surface area contributed by atoms with Crippen LogP contribution in [0.15, 0.2) is 0 Å². The summed E-state index contributed by atoms with van der Waals surface area (Å²) >= 11 is 0. The summed E-state index contributed by atoms with van der Waals surface area (Å²) in [4.78, 5) is 0. The summed E-state index contributed by atoms with van der Waals surface area (Å²) in [6.45, 7) is 6.21. The minimum atomic E-state index is 1.08. The third-order valence-corrected chi connectivity index (χ3v) is 6.49. The van der Waals surface area contributed by atoms with Gasteiger partial charge in [0.05, 0.1) is 41.8 Å². The Morgan fingerprint density at radius 3 is 0.966 bits per heavy atom. The van der Waals surface area contributed by atoms with Gasteiger partial charge in [-0.05, 0) is 12.8 Å². The van der Waals surface area contributed by atoms with Crippen molar-refractivity contribution in [1.29, 1.82) is 0 Å². The highest BCUT2D eigenvalue weighted by Gasteiger charge is 2.19. The summed E-state index contributed by atoms with van der Waals surface area (Å²) < 4.78 is 2.27. The number of likely N-dealkylation sites (N-methyl/N-ethyl adjacent to an activating group) is 2. The van der Waals surface area contributed by atoms with Crippen molar-refractivity contribution in [3.05, 3.63) is 0 Å². The Hall–Kier alpha value is -0.0800. The molecule has 0 fully saturated rings. The van der Waals surface area contributed by atoms with E-state index in [1.165, 1.54) is 140 Å². The Bertz CT molecular complexity index is 330. The van der Waals surface area contributed by atoms with Crippen LogP contribution in [0.4, 0.5) is 0 Å². The van der Waals surface area contributed by atoms with Crippen molar-refractivity contribution in [3.63, 3.8) is 0 Å². The molecule has 0 rings (SSSR count). The Kier molecular flexibility index (Phi) is 18.6. The molecule has 176 valence electrons. The molecule has 0 aromatic heterocycles. The molecule has 0 saturated carbocycles. The zero-order valence-corrected chi connectivity index (χ0v) is 21.7. The average molecular weight is 413 g/mol. The molecular weight excluding hydrogens is 352 g/mol. The summed E-state index contributed by atoms with van der Waals surface area (Å²) in [5.74, 6) is 0. The lowest BCUT2D eigenvalue weighted by atomic mass is 10.0. The number of unbranched alkanes of at least 4 members (excludes halogenated alkanes) is 17. The van der Waals surface area contributed by atoms with Crippen LogP contribution in [0.1, 0.15) is 122 Å². The lowest BCUT2D eigenvalue weighted by molar-refractivity contribution is -0.937. The topological polar surface area (TPSA) is 0 Å². The van der Waals surface area contributed by atoms with Crippen LogP contribution in [0.5, 0.6) is 0 Å². The SMILES string of the molecule is CCCCCCCCCCCCCCCCCCCC[N+](C)(C)CC[N+](C)(C)C. The van der Waals surface area contributed by atoms with Gasteiger partial charge in [0.2, 0.25) is 0 Å². The highest BCUT2D eigenvalue weighted by Crippen LogP contribution is 2.14. The normalized spacial score (nSPS) is 12.6. The monoisotopic (exact) mass is 412 g/mol. The second kappa shape index (κ2) is 18.7. The molecule has 0 aliphatic carbocycles. The van der Waals surface area contributed by atoms with Gasteiger partial charge in [0, 0.05) is 0 Å². The van der Waals surface area contributed by atoms with Crippen LogP contribution in [0.3, 0.4) is 0 Å². The van der Waals surface area contributed by atoms with Crippen molar-refractivity contribution < 1.29 is 8.97 Å². The van der Waals surface area contributed by atoms with E-state index in [0.29, 0.717) is 0 Å². The first kappa shape index (κ1) is 28.9. The fourth-order valence-corrected chi connectivity index (χ4v) is 4.12. The molecule has 0 amide bonds. The summed E-state index contributed by atoms with van der Waals surface area (Å²) in [6, 6.07) is 0. The predicted molar refractivity (Wildman–Crippen MR) is 134 cm³/mol. The maximum atomic E-state index is 2.41. The molecule has 0 N–H and O–H groups in total. The van der Waals surface area contributed by atoms with E-state index >= 15 is 0 Å². The van der Waals surface area contributed by atoms with Gasteiger partial charge in [-0.3, -0.25) is 0 Å². The van der Waals surface area contributed by atoms with Crippen molar-refractivity contribution >= 4 is 0 Å². The van der Waals surface area contributed by atoms with Crippen LogP contribution >= 0.6 is 0 Å². The van der Waals surface area contributed by atoms with Gasteiger partial charge in [-0.1, -0.05) is 110 Å². The van der Waals surface area contributed by atoms with E-state index in [9.17, 15) is 0 Å². The molecule has 0 aliphatic rings. The molecule has 0 atom stereocenters. The summed E-state index contributed by atoms with van der Waals surface area (Å²) in [7, 11) is 11.7. The van der Waals surface area contributed by atoms with E-state index in [0.717, 1.165) is 4.48 Å². The highest BCUT2D eigenvalue weighted by atomic mass is 15.4. The second-order valence-corrected chi connectivity index (χ2v) is 11.4. The smallest absolute Gasteiger partial charge is 0.128 e. The largest absolute Gasteiger partial charge is 0.326 e. The maximum absolute atomic E-state index is 2.41. The summed E-state index contributed by atoms with van der Waals surface area (Å²) in [5.41, 5.74) is 0. The molecule has 0 radical (unpaired) electrons. The minimum Gasteiger partial charge on any atom is -0.326 e. The Balaban J connectivity index is 3.24. The van der Waals surface area contributed by atoms with Crippen LogP contribution in [0.2, 0.25) is 0 Å². The first-order valence-electron chi connectivity index (χ1n) is 13.4. The molecule has 29 heavy (non-hydrogen) atoms. The first-order valence-corrected chi connectivity index (χ1v) is 13.4. The average Bonchev–Trinajstić information content (AvgIpc) is 2.65. The molecule has 0 heterocycles. The molecular formula is C27H60N2+2. The lowest BCUT2D eigenvalue weighted by Gasteiger charge is -2.33. The molecule has 0 aliphatic heterocycles. The molecule has 0 unspecified atom stereocenters. The van der Waals surface area contributed by atoms with Crippen LogP contribution < -0.4 is 0 Å². The van der Waals surface area contributed by atoms with Gasteiger partial charge >= 0.3 is 0 Å². The van der Waals surface area contributed by atoms with Gasteiger partial charge < -0.3 is 8.97 Å². The number of rotatable bonds is 22. The van der Waals surface area contributed by atoms with E-state index in [1.807, 2.05) is 0 Å². The van der Waals surface area contributed by atoms with Gasteiger partial charge in [0.15, 0.2) is 0 Å². The van der Waals surface area contributed by atoms with Gasteiger partial charge in [0.1, 0.15) is 13.1 Å². The van der Waals surface area contributed by atoms with Gasteiger partial charge in [-0.2, -0.15) is 0 Å². The highest BCUT2D eigenvalue weighted by molar-refractivity contribution is 4.50. The van der Waals surface area contributed by atoms with E-state index in [1.54, 1.807) is 0 Å². The third-order valence-electron chi connectivity index (χ3n) is 6.49. The van der Waals surface area contributed by atoms with E-state index in [2.05, 4.69) is 42.2 Å². The zero-order chi connectivity index (χ0) is 21.8. The van der Waals surface area contributed by atoms with Gasteiger partial charge in [0.25, 0.3) is 0 Å². The van der Waals surface area contributed by atoms with Gasteiger partial charge in [-0.25, -0.2) is 0 Å². The number of hydrogen-bond donors (Lipinski definition) is 0. The molecule has 0 aromatic carbocycles. The molecule has 0 bridgehead atoms. The third kappa shape index (κ3) is 24.1. The van der Waals surface area contributed by atoms with Crippen molar-refractivity contribution in [2.24, 2.45) is 0 Å². The van der Waals surface area contributed by atoms with E-state index < -0.39 is 0 Å². The summed E-state index contributed by atoms with van der Waals surface area (Å²) in [5, 5.41) is 0. The van der Waals surface area contributed by atoms with Crippen LogP contribution in [0, 0.1) is 0 Å². The molecule has 0 saturated heterocycles. The predicted octanol–water partition coefficient (Wildman–Crippen LogP) is 7.81. The van der Waals surface area contributed by atoms with E-state index in [-0.39, 0.29) is 0 Å². The maximum Gasteiger partial charge on any atom is 0.128 e. The Morgan fingerprint density at radius 2 is 0.655 bits per heavy atom. The minimum absolute atomic E-state index is 1.08. The van der Waals surface area contributed by atoms with Crippen molar-refractivity contribution in [2.75, 3.05) is 54.9 Å². The standard InChI is InChI=1S/C27H60N2/c1-7-8-9-10-11-12-13-14-15-16-17-18-19-20-21-22-23-24-25-29(5,6)27-26-28(2,3)4/h7-27H2,1-6H3/q+2. The van der Waals surface area contributed by atoms with Gasteiger partial charge in [-0.15, -0.1) is 0 Å². The lowest BCUT2D eigenvalue weighted by Crippen LogP contribution is -2.49. The number of nitrogens with zero attached hydrogens (tertiary/aromatic N) is 2. The first-order chi connectivity index (χ1) is 13.8. The van der Waals surface area contributed by atoms with Crippen LogP contribution in [-0.2, 0) is 0 Å². The Labute approximate surface area is 186 Å². The van der Waals surface area contributed by atoms with Crippen molar-refractivity contribution in [1.82, 2.24) is 0 Å². The van der Waals surface area contributed by atoms with Crippen LogP contribution in [0.25, 0.3) is 0 Å². The number of quaternary nitrogens is 2. The molecule has 0 spiro atoms. The van der Waals surface area contributed by atoms with Crippen molar-refractivity contribution in [2.45, 2.75) is 122 Å². The van der Waals surface area contributed by atoms with E-state index in [4.69, 9.17) is 0 Å². The molecule has 2 nitrogen and oxygen atoms in total. The summed E-state index contributed by atoms with van der Waals surface area (Å²) in [6.07, 6.45) is 26.3.